The summed E-state index contributed by atoms with van der Waals surface area (Å²) in [5.41, 5.74) is 0. The van der Waals surface area contributed by atoms with E-state index < -0.39 is 0 Å². The van der Waals surface area contributed by atoms with Gasteiger partial charge in [-0.25, -0.2) is 0 Å². The molecule has 1 rings (SSSR count). The summed E-state index contributed by atoms with van der Waals surface area (Å²) < 4.78 is 0. The molecule has 1 nitrogen and oxygen atoms in total. The molecule has 0 aromatic heterocycles. The normalized spacial score (nSPS) is 37.9. The minimum Gasteiger partial charge on any atom is -0.393 e. The molecule has 84 valence electrons. The van der Waals surface area contributed by atoms with Gasteiger partial charge >= 0.3 is 0 Å². The quantitative estimate of drug-likeness (QED) is 0.736. The third kappa shape index (κ3) is 2.73. The Morgan fingerprint density at radius 1 is 1.21 bits per heavy atom. The van der Waals surface area contributed by atoms with Crippen molar-refractivity contribution >= 4 is 0 Å². The second-order valence-corrected chi connectivity index (χ2v) is 5.40. The molecular weight excluding hydrogens is 172 g/mol. The highest BCUT2D eigenvalue weighted by atomic mass is 16.3. The summed E-state index contributed by atoms with van der Waals surface area (Å²) in [4.78, 5) is 0. The fourth-order valence-corrected chi connectivity index (χ4v) is 2.61. The van der Waals surface area contributed by atoms with Crippen LogP contribution in [0.2, 0.25) is 0 Å². The SMILES string of the molecule is CCC(C)C(O)C1CCC(C)C(C)C1. The highest BCUT2D eigenvalue weighted by Crippen LogP contribution is 2.36. The van der Waals surface area contributed by atoms with Crippen molar-refractivity contribution in [3.8, 4) is 0 Å². The van der Waals surface area contributed by atoms with Gasteiger partial charge in [0.25, 0.3) is 0 Å². The molecule has 0 saturated heterocycles. The van der Waals surface area contributed by atoms with Gasteiger partial charge in [-0.2, -0.15) is 0 Å². The van der Waals surface area contributed by atoms with Crippen molar-refractivity contribution in [1.29, 1.82) is 0 Å². The number of aliphatic hydroxyl groups is 1. The van der Waals surface area contributed by atoms with E-state index >= 15 is 0 Å². The van der Waals surface area contributed by atoms with Crippen LogP contribution in [0.3, 0.4) is 0 Å². The summed E-state index contributed by atoms with van der Waals surface area (Å²) in [5.74, 6) is 2.69. The van der Waals surface area contributed by atoms with Crippen LogP contribution in [0.15, 0.2) is 0 Å². The Hall–Kier alpha value is -0.0400. The number of hydrogen-bond donors (Lipinski definition) is 1. The van der Waals surface area contributed by atoms with Gasteiger partial charge in [-0.05, 0) is 36.5 Å². The van der Waals surface area contributed by atoms with Crippen molar-refractivity contribution in [1.82, 2.24) is 0 Å². The topological polar surface area (TPSA) is 20.2 Å². The van der Waals surface area contributed by atoms with Crippen LogP contribution in [-0.2, 0) is 0 Å². The minimum absolute atomic E-state index is 0.0602. The van der Waals surface area contributed by atoms with Crippen molar-refractivity contribution in [2.45, 2.75) is 59.5 Å². The van der Waals surface area contributed by atoms with Gasteiger partial charge in [0, 0.05) is 0 Å². The van der Waals surface area contributed by atoms with E-state index in [0.717, 1.165) is 18.3 Å². The van der Waals surface area contributed by atoms with Gasteiger partial charge in [0.05, 0.1) is 6.10 Å². The molecule has 0 amide bonds. The maximum atomic E-state index is 10.1. The number of hydrogen-bond acceptors (Lipinski definition) is 1. The summed E-state index contributed by atoms with van der Waals surface area (Å²) in [6.07, 6.45) is 4.81. The molecule has 1 N–H and O–H groups in total. The average molecular weight is 198 g/mol. The predicted molar refractivity (Wildman–Crippen MR) is 61.1 cm³/mol. The summed E-state index contributed by atoms with van der Waals surface area (Å²) >= 11 is 0. The van der Waals surface area contributed by atoms with E-state index in [1.165, 1.54) is 19.3 Å². The predicted octanol–water partition coefficient (Wildman–Crippen LogP) is 3.47. The maximum absolute atomic E-state index is 10.1. The smallest absolute Gasteiger partial charge is 0.0593 e. The average Bonchev–Trinajstić information content (AvgIpc) is 2.20. The molecule has 14 heavy (non-hydrogen) atoms. The molecule has 1 aliphatic carbocycles. The van der Waals surface area contributed by atoms with Gasteiger partial charge in [-0.15, -0.1) is 0 Å². The lowest BCUT2D eigenvalue weighted by atomic mass is 9.72. The van der Waals surface area contributed by atoms with Crippen molar-refractivity contribution in [2.24, 2.45) is 23.7 Å². The zero-order valence-corrected chi connectivity index (χ0v) is 10.2. The van der Waals surface area contributed by atoms with Gasteiger partial charge in [-0.3, -0.25) is 0 Å². The first-order valence-corrected chi connectivity index (χ1v) is 6.24. The highest BCUT2D eigenvalue weighted by molar-refractivity contribution is 4.81. The lowest BCUT2D eigenvalue weighted by Crippen LogP contribution is -2.33. The van der Waals surface area contributed by atoms with Gasteiger partial charge in [0.1, 0.15) is 0 Å². The molecule has 0 radical (unpaired) electrons. The maximum Gasteiger partial charge on any atom is 0.0593 e. The molecule has 1 aliphatic rings. The van der Waals surface area contributed by atoms with Gasteiger partial charge < -0.3 is 5.11 Å². The summed E-state index contributed by atoms with van der Waals surface area (Å²) in [6.45, 7) is 9.02. The monoisotopic (exact) mass is 198 g/mol. The van der Waals surface area contributed by atoms with E-state index in [-0.39, 0.29) is 6.10 Å². The molecule has 0 aliphatic heterocycles. The van der Waals surface area contributed by atoms with Gasteiger partial charge in [0.15, 0.2) is 0 Å². The summed E-state index contributed by atoms with van der Waals surface area (Å²) in [7, 11) is 0. The Bertz CT molecular complexity index is 167. The van der Waals surface area contributed by atoms with Gasteiger partial charge in [0.2, 0.25) is 0 Å². The fourth-order valence-electron chi connectivity index (χ4n) is 2.61. The van der Waals surface area contributed by atoms with Crippen LogP contribution in [0.25, 0.3) is 0 Å². The first-order valence-electron chi connectivity index (χ1n) is 6.24. The molecule has 1 fully saturated rings. The first kappa shape index (κ1) is 12.0. The second kappa shape index (κ2) is 5.16. The first-order chi connectivity index (χ1) is 6.56. The molecule has 1 saturated carbocycles. The third-order valence-corrected chi connectivity index (χ3v) is 4.35. The lowest BCUT2D eigenvalue weighted by Gasteiger charge is -2.36. The minimum atomic E-state index is -0.0602. The van der Waals surface area contributed by atoms with E-state index in [1.54, 1.807) is 0 Å². The van der Waals surface area contributed by atoms with Crippen molar-refractivity contribution in [2.75, 3.05) is 0 Å². The van der Waals surface area contributed by atoms with Crippen LogP contribution in [0, 0.1) is 23.7 Å². The van der Waals surface area contributed by atoms with Crippen molar-refractivity contribution < 1.29 is 5.11 Å². The molecule has 0 spiro atoms. The summed E-state index contributed by atoms with van der Waals surface area (Å²) in [6, 6.07) is 0. The number of aliphatic hydroxyl groups excluding tert-OH is 1. The molecule has 0 heterocycles. The van der Waals surface area contributed by atoms with Crippen molar-refractivity contribution in [3.63, 3.8) is 0 Å². The van der Waals surface area contributed by atoms with Crippen molar-refractivity contribution in [3.05, 3.63) is 0 Å². The molecule has 0 aromatic carbocycles. The molecule has 5 unspecified atom stereocenters. The Labute approximate surface area is 88.9 Å². The van der Waals surface area contributed by atoms with Gasteiger partial charge in [-0.1, -0.05) is 40.5 Å². The molecular formula is C13H26O. The lowest BCUT2D eigenvalue weighted by molar-refractivity contribution is 0.0185. The Balaban J connectivity index is 2.45. The van der Waals surface area contributed by atoms with Crippen LogP contribution in [0.5, 0.6) is 0 Å². The summed E-state index contributed by atoms with van der Waals surface area (Å²) in [5, 5.41) is 10.1. The zero-order chi connectivity index (χ0) is 10.7. The second-order valence-electron chi connectivity index (χ2n) is 5.40. The van der Waals surface area contributed by atoms with Crippen LogP contribution >= 0.6 is 0 Å². The van der Waals surface area contributed by atoms with Crippen LogP contribution < -0.4 is 0 Å². The fraction of sp³-hybridized carbons (Fsp3) is 1.00. The molecule has 1 heteroatoms. The molecule has 0 bridgehead atoms. The standard InChI is InChI=1S/C13H26O/c1-5-9(2)13(14)12-7-6-10(3)11(4)8-12/h9-14H,5-8H2,1-4H3. The third-order valence-electron chi connectivity index (χ3n) is 4.35. The van der Waals surface area contributed by atoms with E-state index in [4.69, 9.17) is 0 Å². The highest BCUT2D eigenvalue weighted by Gasteiger charge is 2.30. The number of rotatable bonds is 3. The van der Waals surface area contributed by atoms with E-state index in [9.17, 15) is 5.11 Å². The molecule has 0 aromatic rings. The zero-order valence-electron chi connectivity index (χ0n) is 10.2. The van der Waals surface area contributed by atoms with Crippen LogP contribution in [-0.4, -0.2) is 11.2 Å². The molecule has 5 atom stereocenters. The Kier molecular flexibility index (Phi) is 4.43. The Morgan fingerprint density at radius 3 is 2.36 bits per heavy atom. The largest absolute Gasteiger partial charge is 0.393 e. The van der Waals surface area contributed by atoms with E-state index in [2.05, 4.69) is 27.7 Å². The van der Waals surface area contributed by atoms with Crippen LogP contribution in [0.1, 0.15) is 53.4 Å². The van der Waals surface area contributed by atoms with E-state index in [0.29, 0.717) is 11.8 Å². The van der Waals surface area contributed by atoms with Crippen LogP contribution in [0.4, 0.5) is 0 Å². The van der Waals surface area contributed by atoms with E-state index in [1.807, 2.05) is 0 Å². The Morgan fingerprint density at radius 2 is 1.86 bits per heavy atom.